The third-order valence-electron chi connectivity index (χ3n) is 2.41. The van der Waals surface area contributed by atoms with E-state index in [2.05, 4.69) is 0 Å². The first-order chi connectivity index (χ1) is 8.77. The molecule has 114 valence electrons. The molecule has 0 fully saturated rings. The van der Waals surface area contributed by atoms with Gasteiger partial charge in [0.25, 0.3) is 5.97 Å². The Morgan fingerprint density at radius 2 is 1.57 bits per heavy atom. The zero-order valence-corrected chi connectivity index (χ0v) is 18.0. The molecule has 21 heavy (non-hydrogen) atoms. The van der Waals surface area contributed by atoms with E-state index in [-0.39, 0.29) is 71.2 Å². The van der Waals surface area contributed by atoms with Gasteiger partial charge in [-0.05, 0) is 12.2 Å². The molecule has 1 N–H and O–H groups in total. The first-order valence-corrected chi connectivity index (χ1v) is 5.92. The predicted molar refractivity (Wildman–Crippen MR) is 65.8 cm³/mol. The fourth-order valence-electron chi connectivity index (χ4n) is 1.18. The molecule has 0 aliphatic heterocycles. The summed E-state index contributed by atoms with van der Waals surface area (Å²) in [7, 11) is 0. The van der Waals surface area contributed by atoms with Gasteiger partial charge in [-0.1, -0.05) is 32.6 Å². The molecule has 0 aromatic rings. The zero-order valence-electron chi connectivity index (χ0n) is 12.4. The van der Waals surface area contributed by atoms with E-state index in [1.54, 1.807) is 6.92 Å². The monoisotopic (exact) mass is 448 g/mol. The van der Waals surface area contributed by atoms with Gasteiger partial charge < -0.3 is 21.1 Å². The van der Waals surface area contributed by atoms with Gasteiger partial charge in [0, 0.05) is 65.4 Å². The molecule has 0 aliphatic rings. The van der Waals surface area contributed by atoms with Crippen LogP contribution in [0, 0.1) is 24.7 Å². The smallest absolute Gasteiger partial charge is 0.281 e. The van der Waals surface area contributed by atoms with Gasteiger partial charge in [-0.15, -0.1) is 0 Å². The SMILES string of the molecule is CCC(=O)[CH-]C(C)C(=O)OCC(=O)C(C)[CH-]C(=O)O.[Y].[Y]. The van der Waals surface area contributed by atoms with Crippen molar-refractivity contribution in [2.75, 3.05) is 6.61 Å². The molecule has 0 amide bonds. The van der Waals surface area contributed by atoms with Crippen LogP contribution in [0.3, 0.4) is 0 Å². The number of ether oxygens (including phenoxy) is 1. The fraction of sp³-hybridized carbons (Fsp3) is 0.538. The Kier molecular flexibility index (Phi) is 17.3. The topological polar surface area (TPSA) is 97.7 Å². The van der Waals surface area contributed by atoms with Crippen LogP contribution in [-0.2, 0) is 89.3 Å². The molecule has 0 bridgehead atoms. The number of ketones is 2. The summed E-state index contributed by atoms with van der Waals surface area (Å²) in [5.74, 6) is -4.13. The van der Waals surface area contributed by atoms with Gasteiger partial charge in [0.2, 0.25) is 0 Å². The van der Waals surface area contributed by atoms with Crippen molar-refractivity contribution >= 4 is 23.5 Å². The van der Waals surface area contributed by atoms with Crippen molar-refractivity contribution in [1.29, 1.82) is 0 Å². The molecular formula is C13H18O6Y2-2. The van der Waals surface area contributed by atoms with Gasteiger partial charge >= 0.3 is 0 Å². The van der Waals surface area contributed by atoms with Gasteiger partial charge in [-0.25, -0.2) is 0 Å². The van der Waals surface area contributed by atoms with Crippen LogP contribution >= 0.6 is 0 Å². The molecule has 0 heterocycles. The van der Waals surface area contributed by atoms with Gasteiger partial charge in [-0.2, -0.15) is 0 Å². The second-order valence-corrected chi connectivity index (χ2v) is 4.14. The van der Waals surface area contributed by atoms with E-state index in [1.165, 1.54) is 20.3 Å². The van der Waals surface area contributed by atoms with E-state index in [1.807, 2.05) is 0 Å². The van der Waals surface area contributed by atoms with Crippen molar-refractivity contribution < 1.29 is 94.4 Å². The van der Waals surface area contributed by atoms with E-state index >= 15 is 0 Å². The minimum absolute atomic E-state index is 0. The number of aliphatic carboxylic acids is 1. The second kappa shape index (κ2) is 13.9. The number of carbonyl (C=O) groups is 4. The van der Waals surface area contributed by atoms with Crippen molar-refractivity contribution in [3.8, 4) is 0 Å². The molecule has 0 aliphatic carbocycles. The normalized spacial score (nSPS) is 11.8. The van der Waals surface area contributed by atoms with Crippen molar-refractivity contribution in [1.82, 2.24) is 0 Å². The summed E-state index contributed by atoms with van der Waals surface area (Å²) in [5.41, 5.74) is 0. The predicted octanol–water partition coefficient (Wildman–Crippen LogP) is 0.838. The standard InChI is InChI=1S/C13H18O6.2Y/c1-4-10(14)5-9(3)13(18)19-7-11(15)8(2)6-12(16)17;;/h5-6,8-9H,4,7H2,1-3H3,(H,16,17);;/q-2;;. The molecule has 2 radical (unpaired) electrons. The number of rotatable bonds is 9. The van der Waals surface area contributed by atoms with Crippen LogP contribution in [-0.4, -0.2) is 35.2 Å². The van der Waals surface area contributed by atoms with Gasteiger partial charge in [0.05, 0.1) is 0 Å². The molecular weight excluding hydrogens is 430 g/mol. The Hall–Kier alpha value is 0.228. The zero-order chi connectivity index (χ0) is 15.0. The maximum atomic E-state index is 11.5. The third-order valence-corrected chi connectivity index (χ3v) is 2.41. The van der Waals surface area contributed by atoms with Crippen LogP contribution in [0.2, 0.25) is 0 Å². The van der Waals surface area contributed by atoms with Gasteiger partial charge in [0.15, 0.2) is 5.97 Å². The van der Waals surface area contributed by atoms with Crippen LogP contribution in [0.15, 0.2) is 0 Å². The number of carbonyl (C=O) groups excluding carboxylic acids is 3. The Morgan fingerprint density at radius 3 is 2.00 bits per heavy atom. The van der Waals surface area contributed by atoms with E-state index in [0.717, 1.165) is 6.42 Å². The van der Waals surface area contributed by atoms with Crippen LogP contribution < -0.4 is 0 Å². The third kappa shape index (κ3) is 12.5. The van der Waals surface area contributed by atoms with E-state index in [9.17, 15) is 19.2 Å². The summed E-state index contributed by atoms with van der Waals surface area (Å²) in [5, 5.41) is 8.47. The number of carboxylic acids is 1. The molecule has 0 aromatic carbocycles. The number of carboxylic acid groups (broad SMARTS) is 1. The summed E-state index contributed by atoms with van der Waals surface area (Å²) in [6, 6.07) is 0. The van der Waals surface area contributed by atoms with Gasteiger partial charge in [0.1, 0.15) is 12.4 Å². The summed E-state index contributed by atoms with van der Waals surface area (Å²) in [4.78, 5) is 44.3. The largest absolute Gasteiger partial charge is 0.503 e. The first kappa shape index (κ1) is 26.1. The van der Waals surface area contributed by atoms with Gasteiger partial charge in [-0.3, -0.25) is 20.8 Å². The van der Waals surface area contributed by atoms with Crippen molar-refractivity contribution in [2.45, 2.75) is 27.2 Å². The van der Waals surface area contributed by atoms with Crippen LogP contribution in [0.5, 0.6) is 0 Å². The van der Waals surface area contributed by atoms with Crippen LogP contribution in [0.1, 0.15) is 27.2 Å². The van der Waals surface area contributed by atoms with Crippen molar-refractivity contribution in [2.24, 2.45) is 11.8 Å². The van der Waals surface area contributed by atoms with E-state index in [4.69, 9.17) is 9.84 Å². The average molecular weight is 448 g/mol. The second-order valence-electron chi connectivity index (χ2n) is 4.14. The maximum Gasteiger partial charge on any atom is 0.281 e. The maximum absolute atomic E-state index is 11.5. The molecule has 0 rings (SSSR count). The molecule has 8 heteroatoms. The molecule has 0 aromatic heterocycles. The fourth-order valence-corrected chi connectivity index (χ4v) is 1.18. The van der Waals surface area contributed by atoms with Crippen LogP contribution in [0.4, 0.5) is 0 Å². The molecule has 6 nitrogen and oxygen atoms in total. The summed E-state index contributed by atoms with van der Waals surface area (Å²) >= 11 is 0. The Morgan fingerprint density at radius 1 is 1.05 bits per heavy atom. The molecule has 0 saturated heterocycles. The Labute approximate surface area is 174 Å². The number of esters is 1. The minimum atomic E-state index is -1.21. The number of hydrogen-bond acceptors (Lipinski definition) is 5. The minimum Gasteiger partial charge on any atom is -0.503 e. The number of hydrogen-bond donors (Lipinski definition) is 1. The number of Topliss-reactive ketones (excluding diaryl/α,β-unsaturated/α-hetero) is 2. The molecule has 2 atom stereocenters. The first-order valence-electron chi connectivity index (χ1n) is 5.92. The quantitative estimate of drug-likeness (QED) is 0.415. The molecule has 0 spiro atoms. The van der Waals surface area contributed by atoms with E-state index < -0.39 is 36.2 Å². The Balaban J connectivity index is -0.00000162. The molecule has 2 unspecified atom stereocenters. The molecule has 0 saturated carbocycles. The Bertz CT molecular complexity index is 370. The average Bonchev–Trinajstić information content (AvgIpc) is 2.34. The summed E-state index contributed by atoms with van der Waals surface area (Å²) in [6.45, 7) is 4.07. The van der Waals surface area contributed by atoms with Crippen molar-refractivity contribution in [3.05, 3.63) is 12.8 Å². The van der Waals surface area contributed by atoms with Crippen LogP contribution in [0.25, 0.3) is 0 Å². The summed E-state index contributed by atoms with van der Waals surface area (Å²) < 4.78 is 4.73. The van der Waals surface area contributed by atoms with E-state index in [0.29, 0.717) is 6.42 Å². The van der Waals surface area contributed by atoms with Crippen molar-refractivity contribution in [3.63, 3.8) is 0 Å². The summed E-state index contributed by atoms with van der Waals surface area (Å²) in [6.07, 6.45) is 2.35.